The van der Waals surface area contributed by atoms with Crippen molar-refractivity contribution < 1.29 is 4.79 Å². The number of hydrogen-bond acceptors (Lipinski definition) is 6. The van der Waals surface area contributed by atoms with E-state index in [1.54, 1.807) is 22.2 Å². The lowest BCUT2D eigenvalue weighted by molar-refractivity contribution is 0.0747. The van der Waals surface area contributed by atoms with Gasteiger partial charge in [0.1, 0.15) is 16.0 Å². The van der Waals surface area contributed by atoms with Gasteiger partial charge in [0.15, 0.2) is 5.13 Å². The molecule has 0 aliphatic carbocycles. The monoisotopic (exact) mass is 466 g/mol. The average Bonchev–Trinajstić information content (AvgIpc) is 3.55. The van der Waals surface area contributed by atoms with Crippen LogP contribution in [-0.2, 0) is 0 Å². The van der Waals surface area contributed by atoms with E-state index < -0.39 is 0 Å². The molecule has 8 heteroatoms. The van der Waals surface area contributed by atoms with Crippen molar-refractivity contribution in [2.24, 2.45) is 0 Å². The zero-order valence-corrected chi connectivity index (χ0v) is 19.2. The van der Waals surface area contributed by atoms with Crippen LogP contribution in [0.3, 0.4) is 0 Å². The molecule has 0 atom stereocenters. The van der Waals surface area contributed by atoms with E-state index in [0.29, 0.717) is 24.3 Å². The van der Waals surface area contributed by atoms with Crippen molar-refractivity contribution in [3.63, 3.8) is 0 Å². The third-order valence-electron chi connectivity index (χ3n) is 6.01. The van der Waals surface area contributed by atoms with E-state index in [1.807, 2.05) is 83.9 Å². The maximum absolute atomic E-state index is 13.7. The van der Waals surface area contributed by atoms with Crippen LogP contribution in [0.4, 0.5) is 5.13 Å². The molecule has 34 heavy (non-hydrogen) atoms. The molecule has 1 amide bonds. The van der Waals surface area contributed by atoms with Crippen LogP contribution >= 0.6 is 11.3 Å². The Bertz CT molecular complexity index is 1410. The van der Waals surface area contributed by atoms with Crippen molar-refractivity contribution in [1.82, 2.24) is 24.6 Å². The fraction of sp³-hybridized carbons (Fsp3) is 0.154. The summed E-state index contributed by atoms with van der Waals surface area (Å²) in [6, 6.07) is 23.7. The molecule has 1 aliphatic heterocycles. The van der Waals surface area contributed by atoms with E-state index in [-0.39, 0.29) is 5.91 Å². The van der Waals surface area contributed by atoms with Crippen molar-refractivity contribution >= 4 is 32.7 Å². The SMILES string of the molecule is O=C(c1cn(-c2ccccc2)nc1-c1ccccc1)N1CCN(c2nc3cccnc3s2)CC1. The topological polar surface area (TPSA) is 67.2 Å². The number of carbonyl (C=O) groups is 1. The predicted octanol–water partition coefficient (Wildman–Crippen LogP) is 4.51. The molecular weight excluding hydrogens is 444 g/mol. The summed E-state index contributed by atoms with van der Waals surface area (Å²) >= 11 is 1.60. The lowest BCUT2D eigenvalue weighted by atomic mass is 10.1. The second-order valence-corrected chi connectivity index (χ2v) is 9.10. The summed E-state index contributed by atoms with van der Waals surface area (Å²) in [6.07, 6.45) is 3.65. The summed E-state index contributed by atoms with van der Waals surface area (Å²) in [5, 5.41) is 5.76. The molecule has 4 heterocycles. The van der Waals surface area contributed by atoms with Gasteiger partial charge in [-0.15, -0.1) is 0 Å². The van der Waals surface area contributed by atoms with Gasteiger partial charge in [0, 0.05) is 44.1 Å². The Kier molecular flexibility index (Phi) is 5.27. The number of para-hydroxylation sites is 1. The molecule has 7 nitrogen and oxygen atoms in total. The minimum absolute atomic E-state index is 0.00616. The quantitative estimate of drug-likeness (QED) is 0.390. The Balaban J connectivity index is 1.26. The predicted molar refractivity (Wildman–Crippen MR) is 135 cm³/mol. The van der Waals surface area contributed by atoms with Crippen LogP contribution in [0.5, 0.6) is 0 Å². The summed E-state index contributed by atoms with van der Waals surface area (Å²) in [4.78, 5) is 27.9. The lowest BCUT2D eigenvalue weighted by Crippen LogP contribution is -2.48. The Morgan fingerprint density at radius 2 is 1.59 bits per heavy atom. The molecule has 168 valence electrons. The van der Waals surface area contributed by atoms with Crippen molar-refractivity contribution in [3.05, 3.63) is 90.8 Å². The first-order chi connectivity index (χ1) is 16.8. The smallest absolute Gasteiger partial charge is 0.257 e. The highest BCUT2D eigenvalue weighted by atomic mass is 32.1. The maximum atomic E-state index is 13.7. The van der Waals surface area contributed by atoms with Gasteiger partial charge < -0.3 is 9.80 Å². The van der Waals surface area contributed by atoms with Gasteiger partial charge in [0.05, 0.1) is 11.3 Å². The normalized spacial score (nSPS) is 14.0. The summed E-state index contributed by atoms with van der Waals surface area (Å²) < 4.78 is 1.79. The van der Waals surface area contributed by atoms with Crippen LogP contribution in [0.15, 0.2) is 85.2 Å². The van der Waals surface area contributed by atoms with Gasteiger partial charge in [-0.05, 0) is 24.3 Å². The van der Waals surface area contributed by atoms with Gasteiger partial charge in [-0.3, -0.25) is 4.79 Å². The van der Waals surface area contributed by atoms with E-state index >= 15 is 0 Å². The van der Waals surface area contributed by atoms with Crippen molar-refractivity contribution in [2.75, 3.05) is 31.1 Å². The van der Waals surface area contributed by atoms with Crippen molar-refractivity contribution in [3.8, 4) is 16.9 Å². The van der Waals surface area contributed by atoms with Crippen molar-refractivity contribution in [1.29, 1.82) is 0 Å². The summed E-state index contributed by atoms with van der Waals surface area (Å²) in [5.74, 6) is 0.00616. The number of aromatic nitrogens is 4. The molecule has 0 spiro atoms. The first-order valence-electron chi connectivity index (χ1n) is 11.2. The van der Waals surface area contributed by atoms with Gasteiger partial charge >= 0.3 is 0 Å². The fourth-order valence-corrected chi connectivity index (χ4v) is 5.18. The average molecular weight is 467 g/mol. The fourth-order valence-electron chi connectivity index (χ4n) is 4.22. The van der Waals surface area contributed by atoms with E-state index in [0.717, 1.165) is 39.8 Å². The van der Waals surface area contributed by atoms with Crippen LogP contribution in [0.2, 0.25) is 0 Å². The molecule has 6 rings (SSSR count). The Hall–Kier alpha value is -4.04. The van der Waals surface area contributed by atoms with E-state index in [4.69, 9.17) is 10.1 Å². The molecule has 1 fully saturated rings. The number of pyridine rings is 1. The second kappa shape index (κ2) is 8.72. The van der Waals surface area contributed by atoms with Gasteiger partial charge in [0.2, 0.25) is 0 Å². The third-order valence-corrected chi connectivity index (χ3v) is 7.05. The molecule has 1 aliphatic rings. The van der Waals surface area contributed by atoms with Crippen molar-refractivity contribution in [2.45, 2.75) is 0 Å². The highest BCUT2D eigenvalue weighted by Crippen LogP contribution is 2.29. The molecule has 2 aromatic carbocycles. The Labute approximate surface area is 200 Å². The molecule has 0 N–H and O–H groups in total. The number of hydrogen-bond donors (Lipinski definition) is 0. The van der Waals surface area contributed by atoms with Gasteiger partial charge in [-0.1, -0.05) is 59.9 Å². The third kappa shape index (κ3) is 3.82. The van der Waals surface area contributed by atoms with Crippen LogP contribution in [0.25, 0.3) is 27.3 Å². The van der Waals surface area contributed by atoms with Crippen LogP contribution in [0, 0.1) is 0 Å². The number of piperazine rings is 1. The van der Waals surface area contributed by atoms with Crippen LogP contribution in [-0.4, -0.2) is 56.7 Å². The van der Waals surface area contributed by atoms with Gasteiger partial charge in [-0.25, -0.2) is 14.6 Å². The first-order valence-corrected chi connectivity index (χ1v) is 12.0. The zero-order valence-electron chi connectivity index (χ0n) is 18.4. The molecule has 0 saturated carbocycles. The Morgan fingerprint density at radius 1 is 0.853 bits per heavy atom. The molecule has 3 aromatic heterocycles. The van der Waals surface area contributed by atoms with Crippen LogP contribution < -0.4 is 4.90 Å². The standard InChI is InChI=1S/C26H22N6OS/c33-25(30-14-16-31(17-15-30)26-28-22-12-7-13-27-24(22)34-26)21-18-32(20-10-5-2-6-11-20)29-23(21)19-8-3-1-4-9-19/h1-13,18H,14-17H2. The summed E-state index contributed by atoms with van der Waals surface area (Å²) in [7, 11) is 0. The minimum Gasteiger partial charge on any atom is -0.344 e. The number of amides is 1. The molecule has 0 bridgehead atoms. The number of thiazole rings is 1. The second-order valence-electron chi connectivity index (χ2n) is 8.14. The number of benzene rings is 2. The van der Waals surface area contributed by atoms with Crippen LogP contribution in [0.1, 0.15) is 10.4 Å². The van der Waals surface area contributed by atoms with Gasteiger partial charge in [0.25, 0.3) is 5.91 Å². The number of anilines is 1. The number of rotatable bonds is 4. The number of carbonyl (C=O) groups excluding carboxylic acids is 1. The molecule has 5 aromatic rings. The highest BCUT2D eigenvalue weighted by molar-refractivity contribution is 7.21. The van der Waals surface area contributed by atoms with E-state index in [1.165, 1.54) is 0 Å². The largest absolute Gasteiger partial charge is 0.344 e. The zero-order chi connectivity index (χ0) is 22.9. The summed E-state index contributed by atoms with van der Waals surface area (Å²) in [5.41, 5.74) is 4.10. The Morgan fingerprint density at radius 3 is 2.32 bits per heavy atom. The number of fused-ring (bicyclic) bond motifs is 1. The molecule has 0 unspecified atom stereocenters. The van der Waals surface area contributed by atoms with E-state index in [2.05, 4.69) is 9.88 Å². The minimum atomic E-state index is 0.00616. The highest BCUT2D eigenvalue weighted by Gasteiger charge is 2.27. The number of nitrogens with zero attached hydrogens (tertiary/aromatic N) is 6. The first kappa shape index (κ1) is 20.6. The van der Waals surface area contributed by atoms with E-state index in [9.17, 15) is 4.79 Å². The molecular formula is C26H22N6OS. The maximum Gasteiger partial charge on any atom is 0.257 e. The van der Waals surface area contributed by atoms with Gasteiger partial charge in [-0.2, -0.15) is 5.10 Å². The molecule has 0 radical (unpaired) electrons. The summed E-state index contributed by atoms with van der Waals surface area (Å²) in [6.45, 7) is 2.73. The lowest BCUT2D eigenvalue weighted by Gasteiger charge is -2.34. The molecule has 1 saturated heterocycles.